The molecule has 0 aliphatic heterocycles. The third-order valence-electron chi connectivity index (χ3n) is 3.16. The third-order valence-corrected chi connectivity index (χ3v) is 4.28. The van der Waals surface area contributed by atoms with Crippen molar-refractivity contribution in [3.63, 3.8) is 0 Å². The lowest BCUT2D eigenvalue weighted by molar-refractivity contribution is 0.550. The maximum absolute atomic E-state index is 6.27. The first-order valence-corrected chi connectivity index (χ1v) is 8.08. The molecule has 1 N–H and O–H groups in total. The molecular weight excluding hydrogens is 357 g/mol. The van der Waals surface area contributed by atoms with Crippen molar-refractivity contribution < 1.29 is 0 Å². The van der Waals surface area contributed by atoms with E-state index in [1.807, 2.05) is 12.1 Å². The molecule has 0 aromatic heterocycles. The van der Waals surface area contributed by atoms with Crippen LogP contribution in [0.1, 0.15) is 24.1 Å². The molecule has 0 radical (unpaired) electrons. The molecule has 2 rings (SSSR count). The molecule has 0 fully saturated rings. The minimum Gasteiger partial charge on any atom is -0.310 e. The zero-order valence-electron chi connectivity index (χ0n) is 11.2. The lowest BCUT2D eigenvalue weighted by atomic mass is 9.99. The van der Waals surface area contributed by atoms with Crippen molar-refractivity contribution in [2.45, 2.75) is 19.4 Å². The molecule has 0 aliphatic carbocycles. The van der Waals surface area contributed by atoms with E-state index in [0.29, 0.717) is 5.02 Å². The number of likely N-dealkylation sites (N-methyl/N-ethyl adjacent to an activating group) is 1. The Balaban J connectivity index is 2.22. The molecule has 0 saturated carbocycles. The molecule has 0 bridgehead atoms. The van der Waals surface area contributed by atoms with Crippen molar-refractivity contribution >= 4 is 39.1 Å². The van der Waals surface area contributed by atoms with Crippen LogP contribution in [0.25, 0.3) is 0 Å². The molecular formula is C16H16BrCl2N. The standard InChI is InChI=1S/C16H16BrCl2N/c1-2-20-16(11-3-6-13(17)7-4-11)9-12-5-8-14(18)10-15(12)19/h3-8,10,16,20H,2,9H2,1H3. The fraction of sp³-hybridized carbons (Fsp3) is 0.250. The molecule has 1 atom stereocenters. The summed E-state index contributed by atoms with van der Waals surface area (Å²) in [6, 6.07) is 14.3. The van der Waals surface area contributed by atoms with Crippen LogP contribution in [0.4, 0.5) is 0 Å². The van der Waals surface area contributed by atoms with Gasteiger partial charge in [0.25, 0.3) is 0 Å². The van der Waals surface area contributed by atoms with E-state index < -0.39 is 0 Å². The van der Waals surface area contributed by atoms with Crippen LogP contribution in [0, 0.1) is 0 Å². The summed E-state index contributed by atoms with van der Waals surface area (Å²) in [7, 11) is 0. The topological polar surface area (TPSA) is 12.0 Å². The Labute approximate surface area is 138 Å². The number of benzene rings is 2. The highest BCUT2D eigenvalue weighted by Crippen LogP contribution is 2.26. The lowest BCUT2D eigenvalue weighted by Gasteiger charge is -2.19. The predicted octanol–water partition coefficient (Wildman–Crippen LogP) is 5.65. The first-order chi connectivity index (χ1) is 9.60. The minimum absolute atomic E-state index is 0.242. The van der Waals surface area contributed by atoms with E-state index >= 15 is 0 Å². The molecule has 2 aromatic carbocycles. The van der Waals surface area contributed by atoms with Crippen LogP contribution in [0.15, 0.2) is 46.9 Å². The van der Waals surface area contributed by atoms with Gasteiger partial charge in [-0.2, -0.15) is 0 Å². The first-order valence-electron chi connectivity index (χ1n) is 6.53. The number of hydrogen-bond donors (Lipinski definition) is 1. The highest BCUT2D eigenvalue weighted by Gasteiger charge is 2.13. The van der Waals surface area contributed by atoms with Gasteiger partial charge in [-0.25, -0.2) is 0 Å². The van der Waals surface area contributed by atoms with E-state index in [9.17, 15) is 0 Å². The van der Waals surface area contributed by atoms with Gasteiger partial charge in [-0.3, -0.25) is 0 Å². The second-order valence-electron chi connectivity index (χ2n) is 4.60. The Bertz CT molecular complexity index is 569. The van der Waals surface area contributed by atoms with E-state index in [4.69, 9.17) is 23.2 Å². The quantitative estimate of drug-likeness (QED) is 0.714. The van der Waals surface area contributed by atoms with Gasteiger partial charge in [-0.05, 0) is 48.4 Å². The molecule has 0 amide bonds. The van der Waals surface area contributed by atoms with Crippen molar-refractivity contribution in [2.24, 2.45) is 0 Å². The molecule has 0 saturated heterocycles. The summed E-state index contributed by atoms with van der Waals surface area (Å²) in [5.74, 6) is 0. The highest BCUT2D eigenvalue weighted by atomic mass is 79.9. The summed E-state index contributed by atoms with van der Waals surface area (Å²) in [4.78, 5) is 0. The largest absolute Gasteiger partial charge is 0.310 e. The zero-order chi connectivity index (χ0) is 14.5. The Morgan fingerprint density at radius 2 is 1.80 bits per heavy atom. The first kappa shape index (κ1) is 15.8. The van der Waals surface area contributed by atoms with E-state index in [0.717, 1.165) is 28.0 Å². The number of nitrogens with one attached hydrogen (secondary N) is 1. The summed E-state index contributed by atoms with van der Waals surface area (Å²) in [6.45, 7) is 3.02. The van der Waals surface area contributed by atoms with Crippen LogP contribution in [0.5, 0.6) is 0 Å². The third kappa shape index (κ3) is 4.23. The summed E-state index contributed by atoms with van der Waals surface area (Å²) in [5.41, 5.74) is 2.35. The van der Waals surface area contributed by atoms with Crippen LogP contribution in [0.3, 0.4) is 0 Å². The minimum atomic E-state index is 0.242. The van der Waals surface area contributed by atoms with E-state index in [1.165, 1.54) is 5.56 Å². The van der Waals surface area contributed by atoms with Gasteiger partial charge in [0.05, 0.1) is 0 Å². The van der Waals surface area contributed by atoms with Crippen molar-refractivity contribution in [1.29, 1.82) is 0 Å². The summed E-state index contributed by atoms with van der Waals surface area (Å²) in [5, 5.41) is 4.89. The van der Waals surface area contributed by atoms with Crippen molar-refractivity contribution in [3.8, 4) is 0 Å². The van der Waals surface area contributed by atoms with Crippen molar-refractivity contribution in [3.05, 3.63) is 68.1 Å². The molecule has 0 aliphatic rings. The zero-order valence-corrected chi connectivity index (χ0v) is 14.3. The summed E-state index contributed by atoms with van der Waals surface area (Å²) < 4.78 is 1.08. The summed E-state index contributed by atoms with van der Waals surface area (Å²) in [6.07, 6.45) is 0.839. The number of halogens is 3. The molecule has 1 nitrogen and oxygen atoms in total. The van der Waals surface area contributed by atoms with Gasteiger partial charge in [-0.15, -0.1) is 0 Å². The second kappa shape index (κ2) is 7.46. The second-order valence-corrected chi connectivity index (χ2v) is 6.36. The monoisotopic (exact) mass is 371 g/mol. The molecule has 1 unspecified atom stereocenters. The molecule has 106 valence electrons. The van der Waals surface area contributed by atoms with Crippen LogP contribution >= 0.6 is 39.1 Å². The highest BCUT2D eigenvalue weighted by molar-refractivity contribution is 9.10. The predicted molar refractivity (Wildman–Crippen MR) is 90.7 cm³/mol. The van der Waals surface area contributed by atoms with Gasteiger partial charge in [0, 0.05) is 20.6 Å². The van der Waals surface area contributed by atoms with Gasteiger partial charge < -0.3 is 5.32 Å². The van der Waals surface area contributed by atoms with Crippen LogP contribution in [-0.2, 0) is 6.42 Å². The van der Waals surface area contributed by atoms with Crippen LogP contribution in [-0.4, -0.2) is 6.54 Å². The van der Waals surface area contributed by atoms with Crippen LogP contribution < -0.4 is 5.32 Å². The Kier molecular flexibility index (Phi) is 5.91. The van der Waals surface area contributed by atoms with E-state index in [-0.39, 0.29) is 6.04 Å². The van der Waals surface area contributed by atoms with Gasteiger partial charge in [0.2, 0.25) is 0 Å². The van der Waals surface area contributed by atoms with Gasteiger partial charge in [0.15, 0.2) is 0 Å². The van der Waals surface area contributed by atoms with Crippen LogP contribution in [0.2, 0.25) is 10.0 Å². The smallest absolute Gasteiger partial charge is 0.0453 e. The molecule has 0 heterocycles. The SMILES string of the molecule is CCNC(Cc1ccc(Cl)cc1Cl)c1ccc(Br)cc1. The molecule has 20 heavy (non-hydrogen) atoms. The van der Waals surface area contributed by atoms with Gasteiger partial charge in [0.1, 0.15) is 0 Å². The average Bonchev–Trinajstić information content (AvgIpc) is 2.42. The van der Waals surface area contributed by atoms with E-state index in [1.54, 1.807) is 6.07 Å². The Hall–Kier alpha value is -0.540. The normalized spacial score (nSPS) is 12.4. The van der Waals surface area contributed by atoms with Crippen molar-refractivity contribution in [2.75, 3.05) is 6.54 Å². The van der Waals surface area contributed by atoms with Gasteiger partial charge >= 0.3 is 0 Å². The summed E-state index contributed by atoms with van der Waals surface area (Å²) >= 11 is 15.7. The lowest BCUT2D eigenvalue weighted by Crippen LogP contribution is -2.23. The molecule has 4 heteroatoms. The van der Waals surface area contributed by atoms with E-state index in [2.05, 4.69) is 52.4 Å². The van der Waals surface area contributed by atoms with Gasteiger partial charge in [-0.1, -0.05) is 64.3 Å². The Morgan fingerprint density at radius 3 is 2.40 bits per heavy atom. The van der Waals surface area contributed by atoms with Crippen molar-refractivity contribution in [1.82, 2.24) is 5.32 Å². The average molecular weight is 373 g/mol. The fourth-order valence-corrected chi connectivity index (χ4v) is 2.91. The molecule has 2 aromatic rings. The Morgan fingerprint density at radius 1 is 1.10 bits per heavy atom. The number of hydrogen-bond acceptors (Lipinski definition) is 1. The fourth-order valence-electron chi connectivity index (χ4n) is 2.16. The molecule has 0 spiro atoms. The maximum atomic E-state index is 6.27. The maximum Gasteiger partial charge on any atom is 0.0453 e. The number of rotatable bonds is 5.